The summed E-state index contributed by atoms with van der Waals surface area (Å²) in [6.45, 7) is 10.6. The van der Waals surface area contributed by atoms with Gasteiger partial charge in [-0.05, 0) is 17.8 Å². The second-order valence-corrected chi connectivity index (χ2v) is 8.07. The lowest BCUT2D eigenvalue weighted by atomic mass is 10.1. The lowest BCUT2D eigenvalue weighted by molar-refractivity contribution is -0.145. The smallest absolute Gasteiger partial charge is 0.352 e. The van der Waals surface area contributed by atoms with Gasteiger partial charge in [0.15, 0.2) is 0 Å². The SMILES string of the molecule is CC(C)CC(=O)OP(=O)(OC(=O)CC(C)C)OC(=O)CC(C)C. The Labute approximate surface area is 137 Å². The van der Waals surface area contributed by atoms with Gasteiger partial charge in [0.05, 0.1) is 0 Å². The van der Waals surface area contributed by atoms with E-state index in [1.165, 1.54) is 0 Å². The molecule has 134 valence electrons. The van der Waals surface area contributed by atoms with Crippen molar-refractivity contribution < 1.29 is 32.5 Å². The molecule has 0 aromatic carbocycles. The van der Waals surface area contributed by atoms with Gasteiger partial charge in [0.25, 0.3) is 0 Å². The van der Waals surface area contributed by atoms with Gasteiger partial charge in [-0.1, -0.05) is 41.5 Å². The fraction of sp³-hybridized carbons (Fsp3) is 0.800. The third kappa shape index (κ3) is 10.9. The minimum Gasteiger partial charge on any atom is -0.352 e. The quantitative estimate of drug-likeness (QED) is 0.582. The molecular formula is C15H27O7P. The fourth-order valence-electron chi connectivity index (χ4n) is 1.54. The predicted octanol–water partition coefficient (Wildman–Crippen LogP) is 3.86. The first-order chi connectivity index (χ1) is 10.4. The highest BCUT2D eigenvalue weighted by Gasteiger charge is 2.39. The molecule has 0 heterocycles. The van der Waals surface area contributed by atoms with Crippen LogP contribution in [-0.2, 0) is 32.5 Å². The van der Waals surface area contributed by atoms with Crippen LogP contribution in [0.15, 0.2) is 0 Å². The Balaban J connectivity index is 5.03. The Kier molecular flexibility index (Phi) is 9.13. The summed E-state index contributed by atoms with van der Waals surface area (Å²) in [6.07, 6.45) is -0.103. The van der Waals surface area contributed by atoms with E-state index < -0.39 is 25.7 Å². The molecule has 0 amide bonds. The van der Waals surface area contributed by atoms with Crippen LogP contribution in [0.2, 0.25) is 0 Å². The molecule has 0 N–H and O–H groups in total. The van der Waals surface area contributed by atoms with Crippen molar-refractivity contribution in [3.8, 4) is 0 Å². The maximum absolute atomic E-state index is 12.5. The summed E-state index contributed by atoms with van der Waals surface area (Å²) in [5.74, 6) is -2.69. The number of rotatable bonds is 9. The zero-order chi connectivity index (χ0) is 18.2. The van der Waals surface area contributed by atoms with E-state index >= 15 is 0 Å². The van der Waals surface area contributed by atoms with Crippen LogP contribution in [-0.4, -0.2) is 17.9 Å². The second kappa shape index (κ2) is 9.71. The van der Waals surface area contributed by atoms with E-state index in [-0.39, 0.29) is 37.0 Å². The summed E-state index contributed by atoms with van der Waals surface area (Å²) >= 11 is 0. The van der Waals surface area contributed by atoms with Gasteiger partial charge in [0, 0.05) is 19.3 Å². The van der Waals surface area contributed by atoms with E-state index in [0.717, 1.165) is 0 Å². The van der Waals surface area contributed by atoms with Crippen LogP contribution in [0.1, 0.15) is 60.8 Å². The van der Waals surface area contributed by atoms with E-state index in [0.29, 0.717) is 0 Å². The summed E-state index contributed by atoms with van der Waals surface area (Å²) in [5, 5.41) is 0. The Morgan fingerprint density at radius 3 is 1.04 bits per heavy atom. The summed E-state index contributed by atoms with van der Waals surface area (Å²) in [5.41, 5.74) is 0. The highest BCUT2D eigenvalue weighted by atomic mass is 31.2. The molecule has 0 bridgehead atoms. The number of carbonyl (C=O) groups is 3. The molecule has 0 spiro atoms. The van der Waals surface area contributed by atoms with E-state index in [1.807, 2.05) is 0 Å². The third-order valence-corrected chi connectivity index (χ3v) is 3.65. The first kappa shape index (κ1) is 21.6. The number of hydrogen-bond donors (Lipinski definition) is 0. The van der Waals surface area contributed by atoms with Crippen LogP contribution in [0.25, 0.3) is 0 Å². The molecule has 0 aromatic heterocycles. The molecule has 0 radical (unpaired) electrons. The summed E-state index contributed by atoms with van der Waals surface area (Å²) in [4.78, 5) is 35.1. The molecule has 0 unspecified atom stereocenters. The third-order valence-electron chi connectivity index (χ3n) is 2.37. The molecule has 0 aliphatic heterocycles. The van der Waals surface area contributed by atoms with Crippen LogP contribution in [0.3, 0.4) is 0 Å². The average Bonchev–Trinajstić information content (AvgIpc) is 2.22. The Bertz CT molecular complexity index is 402. The van der Waals surface area contributed by atoms with E-state index in [4.69, 9.17) is 0 Å². The summed E-state index contributed by atoms with van der Waals surface area (Å²) in [6, 6.07) is 0. The van der Waals surface area contributed by atoms with Crippen molar-refractivity contribution in [2.45, 2.75) is 60.8 Å². The predicted molar refractivity (Wildman–Crippen MR) is 84.2 cm³/mol. The second-order valence-electron chi connectivity index (χ2n) is 6.63. The van der Waals surface area contributed by atoms with Crippen LogP contribution in [0.4, 0.5) is 0 Å². The van der Waals surface area contributed by atoms with Crippen molar-refractivity contribution in [2.75, 3.05) is 0 Å². The van der Waals surface area contributed by atoms with Gasteiger partial charge in [0.2, 0.25) is 0 Å². The summed E-state index contributed by atoms with van der Waals surface area (Å²) in [7, 11) is -4.60. The monoisotopic (exact) mass is 350 g/mol. The number of phosphoric acid groups is 1. The fourth-order valence-corrected chi connectivity index (χ4v) is 2.63. The molecule has 0 rings (SSSR count). The lowest BCUT2D eigenvalue weighted by Crippen LogP contribution is -2.16. The van der Waals surface area contributed by atoms with Gasteiger partial charge >= 0.3 is 25.7 Å². The van der Waals surface area contributed by atoms with E-state index in [2.05, 4.69) is 13.6 Å². The van der Waals surface area contributed by atoms with Gasteiger partial charge in [-0.25, -0.2) is 0 Å². The Hall–Kier alpha value is -1.36. The molecule has 8 heteroatoms. The standard InChI is InChI=1S/C15H27O7P/c1-10(2)7-13(16)20-23(19,21-14(17)8-11(3)4)22-15(18)9-12(5)6/h10-12H,7-9H2,1-6H3. The van der Waals surface area contributed by atoms with E-state index in [9.17, 15) is 18.9 Å². The number of phosphoric ester groups is 1. The molecule has 23 heavy (non-hydrogen) atoms. The van der Waals surface area contributed by atoms with Crippen molar-refractivity contribution >= 4 is 25.7 Å². The first-order valence-corrected chi connectivity index (χ1v) is 9.17. The average molecular weight is 350 g/mol. The van der Waals surface area contributed by atoms with Crippen LogP contribution in [0, 0.1) is 17.8 Å². The summed E-state index contributed by atoms with van der Waals surface area (Å²) < 4.78 is 26.5. The van der Waals surface area contributed by atoms with E-state index in [1.54, 1.807) is 41.5 Å². The van der Waals surface area contributed by atoms with Crippen LogP contribution >= 0.6 is 7.82 Å². The zero-order valence-corrected chi connectivity index (χ0v) is 15.6. The molecule has 0 aliphatic carbocycles. The highest BCUT2D eigenvalue weighted by Crippen LogP contribution is 2.51. The molecule has 0 saturated carbocycles. The molecule has 0 saturated heterocycles. The lowest BCUT2D eigenvalue weighted by Gasteiger charge is -2.17. The molecule has 0 fully saturated rings. The van der Waals surface area contributed by atoms with Crippen molar-refractivity contribution in [3.05, 3.63) is 0 Å². The van der Waals surface area contributed by atoms with Gasteiger partial charge in [-0.15, -0.1) is 0 Å². The van der Waals surface area contributed by atoms with Crippen molar-refractivity contribution in [3.63, 3.8) is 0 Å². The van der Waals surface area contributed by atoms with Gasteiger partial charge in [-0.3, -0.25) is 14.4 Å². The largest absolute Gasteiger partial charge is 0.653 e. The Morgan fingerprint density at radius 1 is 0.652 bits per heavy atom. The van der Waals surface area contributed by atoms with Crippen molar-refractivity contribution in [2.24, 2.45) is 17.8 Å². The number of carbonyl (C=O) groups excluding carboxylic acids is 3. The minimum absolute atomic E-state index is 0.0343. The Morgan fingerprint density at radius 2 is 0.870 bits per heavy atom. The van der Waals surface area contributed by atoms with Crippen LogP contribution < -0.4 is 0 Å². The topological polar surface area (TPSA) is 96.0 Å². The maximum Gasteiger partial charge on any atom is 0.653 e. The van der Waals surface area contributed by atoms with Gasteiger partial charge < -0.3 is 13.6 Å². The molecule has 7 nitrogen and oxygen atoms in total. The van der Waals surface area contributed by atoms with Gasteiger partial charge in [-0.2, -0.15) is 4.57 Å². The minimum atomic E-state index is -4.60. The molecule has 0 atom stereocenters. The highest BCUT2D eigenvalue weighted by molar-refractivity contribution is 7.50. The van der Waals surface area contributed by atoms with Crippen LogP contribution in [0.5, 0.6) is 0 Å². The molecular weight excluding hydrogens is 323 g/mol. The normalized spacial score (nSPS) is 11.7. The van der Waals surface area contributed by atoms with Crippen molar-refractivity contribution in [1.82, 2.24) is 0 Å². The van der Waals surface area contributed by atoms with Gasteiger partial charge in [0.1, 0.15) is 0 Å². The maximum atomic E-state index is 12.5. The molecule has 0 aliphatic rings. The number of hydrogen-bond acceptors (Lipinski definition) is 7. The zero-order valence-electron chi connectivity index (χ0n) is 14.7. The molecule has 0 aromatic rings. The first-order valence-electron chi connectivity index (χ1n) is 7.70. The van der Waals surface area contributed by atoms with Crippen molar-refractivity contribution in [1.29, 1.82) is 0 Å².